The van der Waals surface area contributed by atoms with E-state index in [1.165, 1.54) is 12.4 Å². The summed E-state index contributed by atoms with van der Waals surface area (Å²) in [7, 11) is -3.25. The molecule has 0 bridgehead atoms. The first-order valence-electron chi connectivity index (χ1n) is 9.42. The summed E-state index contributed by atoms with van der Waals surface area (Å²) >= 11 is 0. The van der Waals surface area contributed by atoms with Crippen LogP contribution < -0.4 is 5.73 Å². The van der Waals surface area contributed by atoms with Gasteiger partial charge in [0.15, 0.2) is 0 Å². The van der Waals surface area contributed by atoms with E-state index >= 15 is 0 Å². The van der Waals surface area contributed by atoms with Crippen LogP contribution in [0.3, 0.4) is 0 Å². The molecule has 10 heteroatoms. The van der Waals surface area contributed by atoms with E-state index in [0.29, 0.717) is 21.4 Å². The van der Waals surface area contributed by atoms with Gasteiger partial charge in [0.05, 0.1) is 18.1 Å². The van der Waals surface area contributed by atoms with Crippen LogP contribution in [0.4, 0.5) is 8.78 Å². The van der Waals surface area contributed by atoms with Gasteiger partial charge in [-0.05, 0) is 37.3 Å². The molecule has 166 valence electrons. The summed E-state index contributed by atoms with van der Waals surface area (Å²) in [5.74, 6) is -1.17. The Labute approximate surface area is 175 Å². The Kier molecular flexibility index (Phi) is 7.36. The molecule has 2 atom stereocenters. The minimum atomic E-state index is -3.25. The van der Waals surface area contributed by atoms with Crippen molar-refractivity contribution in [2.75, 3.05) is 12.0 Å². The van der Waals surface area contributed by atoms with Crippen LogP contribution >= 0.6 is 0 Å². The molecule has 1 unspecified atom stereocenters. The van der Waals surface area contributed by atoms with E-state index < -0.39 is 39.9 Å². The highest BCUT2D eigenvalue weighted by Crippen LogP contribution is 2.31. The maximum Gasteiger partial charge on any atom is 0.333 e. The fraction of sp³-hybridized carbons (Fsp3) is 0.500. The summed E-state index contributed by atoms with van der Waals surface area (Å²) < 4.78 is 54.6. The Morgan fingerprint density at radius 1 is 1.20 bits per heavy atom. The van der Waals surface area contributed by atoms with Gasteiger partial charge in [0.2, 0.25) is 0 Å². The Bertz CT molecular complexity index is 974. The first kappa shape index (κ1) is 23.9. The number of hydrogen-bond donors (Lipinski definition) is 1. The smallest absolute Gasteiger partial charge is 0.333 e. The quantitative estimate of drug-likeness (QED) is 0.597. The van der Waals surface area contributed by atoms with Crippen LogP contribution in [0, 0.1) is 5.92 Å². The van der Waals surface area contributed by atoms with Crippen molar-refractivity contribution in [2.45, 2.75) is 45.4 Å². The molecule has 0 fully saturated rings. The van der Waals surface area contributed by atoms with E-state index in [4.69, 9.17) is 10.5 Å². The number of carbonyl (C=O) groups excluding carboxylic acids is 1. The Morgan fingerprint density at radius 2 is 1.80 bits per heavy atom. The van der Waals surface area contributed by atoms with Crippen molar-refractivity contribution < 1.29 is 26.7 Å². The van der Waals surface area contributed by atoms with E-state index in [1.807, 2.05) is 0 Å². The van der Waals surface area contributed by atoms with Crippen LogP contribution in [0.1, 0.15) is 39.3 Å². The fourth-order valence-corrected chi connectivity index (χ4v) is 4.47. The van der Waals surface area contributed by atoms with Crippen molar-refractivity contribution in [1.29, 1.82) is 0 Å². The number of nitrogens with zero attached hydrogens (tertiary/aromatic N) is 2. The van der Waals surface area contributed by atoms with Crippen molar-refractivity contribution in [2.24, 2.45) is 11.7 Å². The van der Waals surface area contributed by atoms with Crippen LogP contribution in [-0.4, -0.2) is 42.3 Å². The Hall–Kier alpha value is -2.33. The molecular weight excluding hydrogens is 416 g/mol. The predicted molar refractivity (Wildman–Crippen MR) is 110 cm³/mol. The van der Waals surface area contributed by atoms with Crippen molar-refractivity contribution in [3.8, 4) is 11.1 Å². The normalized spacial score (nSPS) is 15.2. The predicted octanol–water partition coefficient (Wildman–Crippen LogP) is 3.12. The fourth-order valence-electron chi connectivity index (χ4n) is 3.32. The molecular formula is C20H27F2N3O4S. The maximum absolute atomic E-state index is 12.8. The van der Waals surface area contributed by atoms with Gasteiger partial charge in [-0.15, -0.1) is 0 Å². The number of carbonyl (C=O) groups is 1. The molecule has 0 saturated carbocycles. The van der Waals surface area contributed by atoms with Gasteiger partial charge in [0.25, 0.3) is 0 Å². The molecule has 0 radical (unpaired) electrons. The van der Waals surface area contributed by atoms with Gasteiger partial charge in [-0.2, -0.15) is 13.9 Å². The first-order chi connectivity index (χ1) is 13.8. The van der Waals surface area contributed by atoms with E-state index in [1.54, 1.807) is 45.0 Å². The summed E-state index contributed by atoms with van der Waals surface area (Å²) in [6.45, 7) is 2.36. The lowest BCUT2D eigenvalue weighted by Crippen LogP contribution is -2.48. The molecule has 0 amide bonds. The van der Waals surface area contributed by atoms with Crippen LogP contribution in [0.15, 0.2) is 36.7 Å². The molecule has 0 aliphatic carbocycles. The average molecular weight is 444 g/mol. The van der Waals surface area contributed by atoms with E-state index in [0.717, 1.165) is 6.26 Å². The van der Waals surface area contributed by atoms with Crippen LogP contribution in [0.5, 0.6) is 0 Å². The summed E-state index contributed by atoms with van der Waals surface area (Å²) in [5.41, 5.74) is 6.47. The van der Waals surface area contributed by atoms with E-state index in [2.05, 4.69) is 5.10 Å². The summed E-state index contributed by atoms with van der Waals surface area (Å²) in [6.07, 6.45) is 3.33. The molecule has 2 N–H and O–H groups in total. The molecule has 0 spiro atoms. The zero-order chi connectivity index (χ0) is 22.7. The topological polar surface area (TPSA) is 104 Å². The second-order valence-electron chi connectivity index (χ2n) is 7.89. The van der Waals surface area contributed by atoms with Crippen molar-refractivity contribution in [3.05, 3.63) is 42.2 Å². The highest BCUT2D eigenvalue weighted by molar-refractivity contribution is 7.90. The van der Waals surface area contributed by atoms with Gasteiger partial charge in [-0.25, -0.2) is 17.9 Å². The second-order valence-corrected chi connectivity index (χ2v) is 10.1. The number of esters is 1. The van der Waals surface area contributed by atoms with Crippen LogP contribution in [0.2, 0.25) is 0 Å². The molecule has 1 aromatic carbocycles. The molecule has 0 aliphatic rings. The average Bonchev–Trinajstić information content (AvgIpc) is 3.09. The Balaban J connectivity index is 2.36. The molecule has 0 saturated heterocycles. The van der Waals surface area contributed by atoms with Gasteiger partial charge in [0, 0.05) is 18.0 Å². The molecule has 0 aliphatic heterocycles. The third kappa shape index (κ3) is 6.09. The number of nitrogens with two attached hydrogens (primary N) is 1. The summed E-state index contributed by atoms with van der Waals surface area (Å²) in [4.78, 5) is 12.8. The number of halogens is 2. The van der Waals surface area contributed by atoms with Gasteiger partial charge in [-0.1, -0.05) is 31.2 Å². The number of hydrogen-bond acceptors (Lipinski definition) is 6. The lowest BCUT2D eigenvalue weighted by atomic mass is 9.82. The van der Waals surface area contributed by atoms with Crippen molar-refractivity contribution in [3.63, 3.8) is 0 Å². The van der Waals surface area contributed by atoms with E-state index in [-0.39, 0.29) is 12.2 Å². The van der Waals surface area contributed by atoms with Gasteiger partial charge in [-0.3, -0.25) is 0 Å². The molecule has 30 heavy (non-hydrogen) atoms. The minimum absolute atomic E-state index is 0.0638. The number of benzene rings is 1. The van der Waals surface area contributed by atoms with Crippen LogP contribution in [0.25, 0.3) is 11.1 Å². The van der Waals surface area contributed by atoms with Gasteiger partial charge < -0.3 is 10.5 Å². The lowest BCUT2D eigenvalue weighted by Gasteiger charge is -2.31. The first-order valence-corrected chi connectivity index (χ1v) is 11.5. The number of ether oxygens (including phenoxy) is 1. The Morgan fingerprint density at radius 3 is 2.27 bits per heavy atom. The highest BCUT2D eigenvalue weighted by atomic mass is 32.2. The summed E-state index contributed by atoms with van der Waals surface area (Å²) in [5, 5.41) is 3.61. The largest absolute Gasteiger partial charge is 0.461 e. The van der Waals surface area contributed by atoms with Crippen LogP contribution in [-0.2, 0) is 24.9 Å². The zero-order valence-corrected chi connectivity index (χ0v) is 18.2. The molecule has 1 aromatic heterocycles. The number of rotatable bonds is 9. The van der Waals surface area contributed by atoms with Gasteiger partial charge in [0.1, 0.15) is 15.4 Å². The molecule has 7 nitrogen and oxygen atoms in total. The molecule has 2 aromatic rings. The minimum Gasteiger partial charge on any atom is -0.461 e. The SMILES string of the molecule is CC(C[C@](N)(C(=O)OC(C)C)c1ccc(-c2cnn(C(F)F)c2)cc1)CS(C)(=O)=O. The van der Waals surface area contributed by atoms with Gasteiger partial charge >= 0.3 is 12.5 Å². The van der Waals surface area contributed by atoms with Crippen molar-refractivity contribution in [1.82, 2.24) is 9.78 Å². The van der Waals surface area contributed by atoms with Crippen molar-refractivity contribution >= 4 is 15.8 Å². The monoisotopic (exact) mass is 443 g/mol. The molecule has 1 heterocycles. The number of sulfone groups is 1. The lowest BCUT2D eigenvalue weighted by molar-refractivity contribution is -0.155. The zero-order valence-electron chi connectivity index (χ0n) is 17.4. The number of alkyl halides is 2. The highest BCUT2D eigenvalue weighted by Gasteiger charge is 2.40. The van der Waals surface area contributed by atoms with E-state index in [9.17, 15) is 22.0 Å². The third-order valence-corrected chi connectivity index (χ3v) is 5.67. The third-order valence-electron chi connectivity index (χ3n) is 4.50. The molecule has 2 rings (SSSR count). The standard InChI is InChI=1S/C20H27F2N3O4S/c1-13(2)29-18(26)20(23,9-14(3)12-30(4,27)28)17-7-5-15(6-8-17)16-10-24-25(11-16)19(21)22/h5-8,10-11,13-14,19H,9,12,23H2,1-4H3/t14?,20-/m1/s1. The second kappa shape index (κ2) is 9.22. The maximum atomic E-state index is 12.8. The summed E-state index contributed by atoms with van der Waals surface area (Å²) in [6, 6.07) is 6.52. The number of aromatic nitrogens is 2.